The Hall–Kier alpha value is -1.34. The predicted molar refractivity (Wildman–Crippen MR) is 82.4 cm³/mol. The van der Waals surface area contributed by atoms with Gasteiger partial charge in [-0.1, -0.05) is 55.8 Å². The van der Waals surface area contributed by atoms with E-state index in [0.717, 1.165) is 0 Å². The van der Waals surface area contributed by atoms with Crippen LogP contribution in [0.3, 0.4) is 0 Å². The average Bonchev–Trinajstić information content (AvgIpc) is 2.49. The highest BCUT2D eigenvalue weighted by Gasteiger charge is 2.21. The van der Waals surface area contributed by atoms with E-state index < -0.39 is 0 Å². The van der Waals surface area contributed by atoms with Crippen LogP contribution in [-0.2, 0) is 0 Å². The lowest BCUT2D eigenvalue weighted by Gasteiger charge is -2.35. The van der Waals surface area contributed by atoms with Gasteiger partial charge in [-0.15, -0.1) is 0 Å². The van der Waals surface area contributed by atoms with E-state index in [1.165, 1.54) is 55.1 Å². The minimum Gasteiger partial charge on any atom is -0.296 e. The van der Waals surface area contributed by atoms with Gasteiger partial charge in [0, 0.05) is 6.04 Å². The maximum atomic E-state index is 2.69. The zero-order chi connectivity index (χ0) is 13.1. The second-order valence-electron chi connectivity index (χ2n) is 5.59. The molecule has 0 saturated carbocycles. The fraction of sp³-hybridized carbons (Fsp3) is 0.444. The molecule has 1 aliphatic rings. The molecule has 0 aliphatic carbocycles. The molecule has 1 nitrogen and oxygen atoms in total. The summed E-state index contributed by atoms with van der Waals surface area (Å²) in [6.07, 6.45) is 5.33. The lowest BCUT2D eigenvalue weighted by molar-refractivity contribution is 0.160. The minimum atomic E-state index is 0.589. The molecule has 1 fully saturated rings. The molecule has 0 aromatic heterocycles. The zero-order valence-electron chi connectivity index (χ0n) is 11.8. The summed E-state index contributed by atoms with van der Waals surface area (Å²) in [6.45, 7) is 4.85. The summed E-state index contributed by atoms with van der Waals surface area (Å²) in [7, 11) is 0. The summed E-state index contributed by atoms with van der Waals surface area (Å²) in [4.78, 5) is 2.69. The summed E-state index contributed by atoms with van der Waals surface area (Å²) in [5, 5.41) is 2.80. The maximum absolute atomic E-state index is 2.69. The van der Waals surface area contributed by atoms with Crippen molar-refractivity contribution in [2.24, 2.45) is 0 Å². The molecule has 19 heavy (non-hydrogen) atoms. The molecule has 1 heterocycles. The molecule has 2 aromatic carbocycles. The predicted octanol–water partition coefficient (Wildman–Crippen LogP) is 4.78. The Labute approximate surface area is 116 Å². The SMILES string of the molecule is CCC(c1cccc2ccccc12)N1CCCCC1. The Morgan fingerprint density at radius 2 is 1.68 bits per heavy atom. The Bertz CT molecular complexity index is 535. The lowest BCUT2D eigenvalue weighted by Crippen LogP contribution is -2.33. The summed E-state index contributed by atoms with van der Waals surface area (Å²) in [6, 6.07) is 16.1. The molecule has 1 aliphatic heterocycles. The van der Waals surface area contributed by atoms with Crippen molar-refractivity contribution in [1.29, 1.82) is 0 Å². The zero-order valence-corrected chi connectivity index (χ0v) is 11.8. The summed E-state index contributed by atoms with van der Waals surface area (Å²) in [5.41, 5.74) is 1.52. The van der Waals surface area contributed by atoms with Gasteiger partial charge in [0.15, 0.2) is 0 Å². The highest BCUT2D eigenvalue weighted by molar-refractivity contribution is 5.86. The van der Waals surface area contributed by atoms with E-state index >= 15 is 0 Å². The Morgan fingerprint density at radius 3 is 2.47 bits per heavy atom. The molecular weight excluding hydrogens is 230 g/mol. The van der Waals surface area contributed by atoms with Gasteiger partial charge in [-0.25, -0.2) is 0 Å². The molecule has 0 bridgehead atoms. The van der Waals surface area contributed by atoms with Crippen LogP contribution in [0, 0.1) is 0 Å². The highest BCUT2D eigenvalue weighted by Crippen LogP contribution is 2.32. The number of hydrogen-bond donors (Lipinski definition) is 0. The number of rotatable bonds is 3. The standard InChI is InChI=1S/C18H23N/c1-2-18(19-13-6-3-7-14-19)17-12-8-10-15-9-4-5-11-16(15)17/h4-5,8-12,18H,2-3,6-7,13-14H2,1H3. The first-order chi connectivity index (χ1) is 9.40. The van der Waals surface area contributed by atoms with Crippen molar-refractivity contribution < 1.29 is 0 Å². The molecule has 1 saturated heterocycles. The fourth-order valence-corrected chi connectivity index (χ4v) is 3.45. The van der Waals surface area contributed by atoms with Gasteiger partial charge in [-0.05, 0) is 48.7 Å². The van der Waals surface area contributed by atoms with E-state index in [9.17, 15) is 0 Å². The van der Waals surface area contributed by atoms with Crippen molar-refractivity contribution in [1.82, 2.24) is 4.90 Å². The third-order valence-corrected chi connectivity index (χ3v) is 4.40. The maximum Gasteiger partial charge on any atom is 0.0351 e. The van der Waals surface area contributed by atoms with E-state index in [2.05, 4.69) is 54.3 Å². The van der Waals surface area contributed by atoms with Crippen LogP contribution in [0.4, 0.5) is 0 Å². The number of nitrogens with zero attached hydrogens (tertiary/aromatic N) is 1. The Balaban J connectivity index is 2.00. The van der Waals surface area contributed by atoms with E-state index in [-0.39, 0.29) is 0 Å². The molecule has 0 spiro atoms. The van der Waals surface area contributed by atoms with E-state index in [1.807, 2.05) is 0 Å². The van der Waals surface area contributed by atoms with Crippen LogP contribution < -0.4 is 0 Å². The topological polar surface area (TPSA) is 3.24 Å². The third-order valence-electron chi connectivity index (χ3n) is 4.40. The van der Waals surface area contributed by atoms with Gasteiger partial charge in [0.1, 0.15) is 0 Å². The molecule has 1 unspecified atom stereocenters. The van der Waals surface area contributed by atoms with Crippen molar-refractivity contribution >= 4 is 10.8 Å². The monoisotopic (exact) mass is 253 g/mol. The molecule has 1 atom stereocenters. The van der Waals surface area contributed by atoms with E-state index in [0.29, 0.717) is 6.04 Å². The largest absolute Gasteiger partial charge is 0.296 e. The molecule has 2 aromatic rings. The molecule has 0 radical (unpaired) electrons. The normalized spacial score (nSPS) is 18.6. The number of benzene rings is 2. The molecular formula is C18H23N. The molecule has 100 valence electrons. The third kappa shape index (κ3) is 2.52. The van der Waals surface area contributed by atoms with Gasteiger partial charge >= 0.3 is 0 Å². The first-order valence-corrected chi connectivity index (χ1v) is 7.62. The van der Waals surface area contributed by atoms with E-state index in [1.54, 1.807) is 0 Å². The van der Waals surface area contributed by atoms with Gasteiger partial charge in [-0.3, -0.25) is 4.90 Å². The molecule has 0 N–H and O–H groups in total. The quantitative estimate of drug-likeness (QED) is 0.761. The van der Waals surface area contributed by atoms with Gasteiger partial charge in [0.25, 0.3) is 0 Å². The number of fused-ring (bicyclic) bond motifs is 1. The minimum absolute atomic E-state index is 0.589. The Morgan fingerprint density at radius 1 is 0.947 bits per heavy atom. The van der Waals surface area contributed by atoms with Gasteiger partial charge < -0.3 is 0 Å². The highest BCUT2D eigenvalue weighted by atomic mass is 15.2. The van der Waals surface area contributed by atoms with Crippen molar-refractivity contribution in [3.63, 3.8) is 0 Å². The van der Waals surface area contributed by atoms with Crippen molar-refractivity contribution in [2.75, 3.05) is 13.1 Å². The molecule has 3 rings (SSSR count). The fourth-order valence-electron chi connectivity index (χ4n) is 3.45. The van der Waals surface area contributed by atoms with Gasteiger partial charge in [-0.2, -0.15) is 0 Å². The van der Waals surface area contributed by atoms with Crippen LogP contribution in [0.5, 0.6) is 0 Å². The van der Waals surface area contributed by atoms with Crippen LogP contribution in [0.15, 0.2) is 42.5 Å². The number of piperidine rings is 1. The first-order valence-electron chi connectivity index (χ1n) is 7.62. The number of hydrogen-bond acceptors (Lipinski definition) is 1. The van der Waals surface area contributed by atoms with Crippen molar-refractivity contribution in [2.45, 2.75) is 38.6 Å². The molecule has 1 heteroatoms. The lowest BCUT2D eigenvalue weighted by atomic mass is 9.94. The molecule has 0 amide bonds. The number of likely N-dealkylation sites (tertiary alicyclic amines) is 1. The summed E-state index contributed by atoms with van der Waals surface area (Å²) >= 11 is 0. The van der Waals surface area contributed by atoms with Crippen LogP contribution in [0.25, 0.3) is 10.8 Å². The van der Waals surface area contributed by atoms with Crippen molar-refractivity contribution in [3.8, 4) is 0 Å². The summed E-state index contributed by atoms with van der Waals surface area (Å²) in [5.74, 6) is 0. The summed E-state index contributed by atoms with van der Waals surface area (Å²) < 4.78 is 0. The smallest absolute Gasteiger partial charge is 0.0351 e. The van der Waals surface area contributed by atoms with E-state index in [4.69, 9.17) is 0 Å². The second kappa shape index (κ2) is 5.75. The first kappa shape index (κ1) is 12.7. The average molecular weight is 253 g/mol. The van der Waals surface area contributed by atoms with Gasteiger partial charge in [0.2, 0.25) is 0 Å². The second-order valence-corrected chi connectivity index (χ2v) is 5.59. The van der Waals surface area contributed by atoms with Crippen LogP contribution in [-0.4, -0.2) is 18.0 Å². The van der Waals surface area contributed by atoms with Crippen LogP contribution in [0.1, 0.15) is 44.2 Å². The van der Waals surface area contributed by atoms with Crippen LogP contribution >= 0.6 is 0 Å². The Kier molecular flexibility index (Phi) is 3.84. The van der Waals surface area contributed by atoms with Crippen LogP contribution in [0.2, 0.25) is 0 Å². The van der Waals surface area contributed by atoms with Gasteiger partial charge in [0.05, 0.1) is 0 Å². The van der Waals surface area contributed by atoms with Crippen molar-refractivity contribution in [3.05, 3.63) is 48.0 Å².